The van der Waals surface area contributed by atoms with Crippen molar-refractivity contribution in [2.75, 3.05) is 26.2 Å². The van der Waals surface area contributed by atoms with E-state index in [1.54, 1.807) is 28.6 Å². The molecule has 1 aliphatic heterocycles. The van der Waals surface area contributed by atoms with Gasteiger partial charge in [-0.1, -0.05) is 18.2 Å². The van der Waals surface area contributed by atoms with E-state index in [1.165, 1.54) is 19.3 Å². The quantitative estimate of drug-likeness (QED) is 0.589. The number of carbonyl (C=O) groups excluding carboxylic acids is 2. The molecule has 0 unspecified atom stereocenters. The smallest absolute Gasteiger partial charge is 0.243 e. The van der Waals surface area contributed by atoms with Crippen molar-refractivity contribution in [1.82, 2.24) is 14.9 Å². The van der Waals surface area contributed by atoms with E-state index in [4.69, 9.17) is 0 Å². The number of sulfonamides is 1. The van der Waals surface area contributed by atoms with Crippen molar-refractivity contribution in [2.24, 2.45) is 29.1 Å². The van der Waals surface area contributed by atoms with Crippen molar-refractivity contribution in [2.45, 2.75) is 62.7 Å². The van der Waals surface area contributed by atoms with Crippen molar-refractivity contribution >= 4 is 21.8 Å². The van der Waals surface area contributed by atoms with Gasteiger partial charge >= 0.3 is 0 Å². The largest absolute Gasteiger partial charge is 0.356 e. The van der Waals surface area contributed by atoms with Crippen LogP contribution in [-0.4, -0.2) is 50.7 Å². The van der Waals surface area contributed by atoms with Gasteiger partial charge in [0.25, 0.3) is 0 Å². The Balaban J connectivity index is 1.01. The number of nitrogens with one attached hydrogen (secondary N) is 2. The van der Waals surface area contributed by atoms with Gasteiger partial charge in [0.05, 0.1) is 4.90 Å². The summed E-state index contributed by atoms with van der Waals surface area (Å²) >= 11 is 0. The Morgan fingerprint density at radius 2 is 1.50 bits per heavy atom. The Morgan fingerprint density at radius 1 is 0.912 bits per heavy atom. The van der Waals surface area contributed by atoms with Crippen LogP contribution in [-0.2, 0) is 19.6 Å². The second-order valence-electron chi connectivity index (χ2n) is 11.2. The summed E-state index contributed by atoms with van der Waals surface area (Å²) in [6.07, 6.45) is 8.80. The molecule has 4 saturated carbocycles. The highest BCUT2D eigenvalue weighted by Crippen LogP contribution is 2.60. The van der Waals surface area contributed by atoms with Crippen LogP contribution in [0.1, 0.15) is 57.8 Å². The Bertz CT molecular complexity index is 967. The SMILES string of the molecule is O=C(CCNC(=O)C12CC3CC(CC(C3)C1)C2)NCC1CCN(S(=O)(=O)c2ccccc2)CC1. The van der Waals surface area contributed by atoms with Crippen LogP contribution in [0.2, 0.25) is 0 Å². The predicted molar refractivity (Wildman–Crippen MR) is 129 cm³/mol. The molecular formula is C26H37N3O4S. The van der Waals surface area contributed by atoms with Gasteiger partial charge in [-0.25, -0.2) is 8.42 Å². The fourth-order valence-electron chi connectivity index (χ4n) is 7.31. The molecule has 1 saturated heterocycles. The molecule has 0 radical (unpaired) electrons. The highest BCUT2D eigenvalue weighted by atomic mass is 32.2. The first kappa shape index (κ1) is 23.8. The van der Waals surface area contributed by atoms with E-state index < -0.39 is 10.0 Å². The zero-order valence-corrected chi connectivity index (χ0v) is 20.7. The number of nitrogens with zero attached hydrogens (tertiary/aromatic N) is 1. The Labute approximate surface area is 203 Å². The average molecular weight is 488 g/mol. The summed E-state index contributed by atoms with van der Waals surface area (Å²) in [7, 11) is -3.45. The number of carbonyl (C=O) groups is 2. The maximum absolute atomic E-state index is 13.0. The molecule has 1 aromatic carbocycles. The molecule has 186 valence electrons. The van der Waals surface area contributed by atoms with Crippen molar-refractivity contribution in [3.8, 4) is 0 Å². The summed E-state index contributed by atoms with van der Waals surface area (Å²) in [5, 5.41) is 6.06. The fourth-order valence-corrected chi connectivity index (χ4v) is 8.80. The molecular weight excluding hydrogens is 450 g/mol. The van der Waals surface area contributed by atoms with Gasteiger partial charge in [-0.3, -0.25) is 9.59 Å². The van der Waals surface area contributed by atoms with Crippen molar-refractivity contribution in [1.29, 1.82) is 0 Å². The lowest BCUT2D eigenvalue weighted by atomic mass is 9.49. The van der Waals surface area contributed by atoms with Crippen LogP contribution in [0, 0.1) is 29.1 Å². The molecule has 0 aromatic heterocycles. The highest BCUT2D eigenvalue weighted by Gasteiger charge is 2.54. The van der Waals surface area contributed by atoms with E-state index in [0.717, 1.165) is 49.9 Å². The van der Waals surface area contributed by atoms with E-state index in [-0.39, 0.29) is 23.1 Å². The zero-order valence-electron chi connectivity index (χ0n) is 19.9. The van der Waals surface area contributed by atoms with Crippen LogP contribution >= 0.6 is 0 Å². The average Bonchev–Trinajstić information content (AvgIpc) is 2.82. The van der Waals surface area contributed by atoms with E-state index in [9.17, 15) is 18.0 Å². The molecule has 7 nitrogen and oxygen atoms in total. The number of benzene rings is 1. The van der Waals surface area contributed by atoms with Crippen molar-refractivity contribution in [3.05, 3.63) is 30.3 Å². The van der Waals surface area contributed by atoms with Crippen LogP contribution in [0.3, 0.4) is 0 Å². The number of piperidine rings is 1. The molecule has 4 aliphatic carbocycles. The monoisotopic (exact) mass is 487 g/mol. The Kier molecular flexibility index (Phi) is 6.73. The van der Waals surface area contributed by atoms with Crippen LogP contribution in [0.15, 0.2) is 35.2 Å². The van der Waals surface area contributed by atoms with Crippen molar-refractivity contribution < 1.29 is 18.0 Å². The van der Waals surface area contributed by atoms with Gasteiger partial charge in [0, 0.05) is 38.0 Å². The minimum atomic E-state index is -3.45. The molecule has 5 fully saturated rings. The second-order valence-corrected chi connectivity index (χ2v) is 13.1. The zero-order chi connectivity index (χ0) is 23.8. The first-order valence-corrected chi connectivity index (χ1v) is 14.4. The van der Waals surface area contributed by atoms with Gasteiger partial charge in [0.2, 0.25) is 21.8 Å². The molecule has 0 spiro atoms. The molecule has 34 heavy (non-hydrogen) atoms. The Morgan fingerprint density at radius 3 is 2.09 bits per heavy atom. The van der Waals surface area contributed by atoms with E-state index in [2.05, 4.69) is 10.6 Å². The molecule has 1 aromatic rings. The first-order chi connectivity index (χ1) is 16.3. The maximum atomic E-state index is 13.0. The van der Waals surface area contributed by atoms with E-state index in [0.29, 0.717) is 37.5 Å². The summed E-state index contributed by atoms with van der Waals surface area (Å²) in [5.41, 5.74) is -0.167. The summed E-state index contributed by atoms with van der Waals surface area (Å²) in [6, 6.07) is 8.54. The van der Waals surface area contributed by atoms with Gasteiger partial charge in [-0.2, -0.15) is 4.31 Å². The normalized spacial score (nSPS) is 31.4. The predicted octanol–water partition coefficient (Wildman–Crippen LogP) is 2.93. The number of rotatable bonds is 8. The van der Waals surface area contributed by atoms with E-state index in [1.807, 2.05) is 6.07 Å². The molecule has 2 N–H and O–H groups in total. The fraction of sp³-hybridized carbons (Fsp3) is 0.692. The number of hydrogen-bond acceptors (Lipinski definition) is 4. The lowest BCUT2D eigenvalue weighted by Gasteiger charge is -2.55. The molecule has 6 rings (SSSR count). The standard InChI is InChI=1S/C26H37N3O4S/c30-24(6-9-27-25(31)26-15-20-12-21(16-26)14-22(13-20)17-26)28-18-19-7-10-29(11-8-19)34(32,33)23-4-2-1-3-5-23/h1-5,19-22H,6-18H2,(H,27,31)(H,28,30). The molecule has 1 heterocycles. The first-order valence-electron chi connectivity index (χ1n) is 12.9. The molecule has 0 atom stereocenters. The van der Waals surface area contributed by atoms with Gasteiger partial charge < -0.3 is 10.6 Å². The van der Waals surface area contributed by atoms with Gasteiger partial charge in [0.15, 0.2) is 0 Å². The summed E-state index contributed by atoms with van der Waals surface area (Å²) in [6.45, 7) is 1.89. The molecule has 5 aliphatic rings. The minimum absolute atomic E-state index is 0.0508. The highest BCUT2D eigenvalue weighted by molar-refractivity contribution is 7.89. The van der Waals surface area contributed by atoms with Gasteiger partial charge in [-0.05, 0) is 87.2 Å². The molecule has 4 bridgehead atoms. The third kappa shape index (κ3) is 4.89. The second kappa shape index (κ2) is 9.61. The van der Waals surface area contributed by atoms with E-state index >= 15 is 0 Å². The third-order valence-electron chi connectivity index (χ3n) is 8.70. The van der Waals surface area contributed by atoms with Crippen LogP contribution in [0.25, 0.3) is 0 Å². The van der Waals surface area contributed by atoms with Crippen LogP contribution in [0.4, 0.5) is 0 Å². The lowest BCUT2D eigenvalue weighted by molar-refractivity contribution is -0.146. The Hall–Kier alpha value is -1.93. The third-order valence-corrected chi connectivity index (χ3v) is 10.6. The van der Waals surface area contributed by atoms with Gasteiger partial charge in [0.1, 0.15) is 0 Å². The number of amides is 2. The van der Waals surface area contributed by atoms with Crippen molar-refractivity contribution in [3.63, 3.8) is 0 Å². The summed E-state index contributed by atoms with van der Waals surface area (Å²) < 4.78 is 27.1. The number of hydrogen-bond donors (Lipinski definition) is 2. The maximum Gasteiger partial charge on any atom is 0.243 e. The topological polar surface area (TPSA) is 95.6 Å². The summed E-state index contributed by atoms with van der Waals surface area (Å²) in [5.74, 6) is 2.59. The molecule has 2 amide bonds. The minimum Gasteiger partial charge on any atom is -0.356 e. The lowest BCUT2D eigenvalue weighted by Crippen LogP contribution is -2.53. The summed E-state index contributed by atoms with van der Waals surface area (Å²) in [4.78, 5) is 25.7. The van der Waals surface area contributed by atoms with Crippen LogP contribution in [0.5, 0.6) is 0 Å². The van der Waals surface area contributed by atoms with Crippen LogP contribution < -0.4 is 10.6 Å². The van der Waals surface area contributed by atoms with Gasteiger partial charge in [-0.15, -0.1) is 0 Å². The molecule has 8 heteroatoms.